The second kappa shape index (κ2) is 12.5. The van der Waals surface area contributed by atoms with Crippen molar-refractivity contribution in [2.24, 2.45) is 5.41 Å². The number of esters is 1. The summed E-state index contributed by atoms with van der Waals surface area (Å²) in [4.78, 5) is 17.1. The van der Waals surface area contributed by atoms with E-state index in [-0.39, 0.29) is 23.6 Å². The van der Waals surface area contributed by atoms with Gasteiger partial charge in [-0.25, -0.2) is 0 Å². The van der Waals surface area contributed by atoms with Crippen molar-refractivity contribution in [3.63, 3.8) is 0 Å². The van der Waals surface area contributed by atoms with Crippen LogP contribution >= 0.6 is 0 Å². The van der Waals surface area contributed by atoms with E-state index in [2.05, 4.69) is 65.4 Å². The van der Waals surface area contributed by atoms with E-state index in [1.54, 1.807) is 12.1 Å². The molecule has 202 valence electrons. The third-order valence-corrected chi connectivity index (χ3v) is 7.51. The molecule has 5 heteroatoms. The van der Waals surface area contributed by atoms with Gasteiger partial charge >= 0.3 is 5.97 Å². The molecule has 4 rings (SSSR count). The Kier molecular flexibility index (Phi) is 9.11. The maximum atomic E-state index is 12.3. The maximum absolute atomic E-state index is 12.3. The summed E-state index contributed by atoms with van der Waals surface area (Å²) >= 11 is 0. The summed E-state index contributed by atoms with van der Waals surface area (Å²) in [6.07, 6.45) is 1.64. The molecule has 3 aromatic carbocycles. The molecular weight excluding hydrogens is 472 g/mol. The zero-order valence-electron chi connectivity index (χ0n) is 23.3. The van der Waals surface area contributed by atoms with Gasteiger partial charge in [-0.15, -0.1) is 0 Å². The molecule has 0 amide bonds. The van der Waals surface area contributed by atoms with E-state index in [0.29, 0.717) is 6.61 Å². The van der Waals surface area contributed by atoms with Gasteiger partial charge < -0.3 is 19.6 Å². The zero-order chi connectivity index (χ0) is 27.1. The van der Waals surface area contributed by atoms with Crippen LogP contribution in [0.15, 0.2) is 78.9 Å². The SMILES string of the molecule is CN1CCN(c2ccc(C(c3ccc(O)cc3)C(CCCOC(=O)C(C)(C)C)c3ccccc3)cc2)CC1. The number of carbonyl (C=O) groups excluding carboxylic acids is 1. The number of rotatable bonds is 9. The Morgan fingerprint density at radius 3 is 2.00 bits per heavy atom. The van der Waals surface area contributed by atoms with Gasteiger partial charge in [0.1, 0.15) is 5.75 Å². The van der Waals surface area contributed by atoms with Gasteiger partial charge in [-0.3, -0.25) is 4.79 Å². The summed E-state index contributed by atoms with van der Waals surface area (Å²) in [5, 5.41) is 10.00. The number of hydrogen-bond donors (Lipinski definition) is 1. The third kappa shape index (κ3) is 7.16. The van der Waals surface area contributed by atoms with Gasteiger partial charge in [-0.05, 0) is 87.5 Å². The van der Waals surface area contributed by atoms with Crippen LogP contribution in [0.25, 0.3) is 0 Å². The minimum Gasteiger partial charge on any atom is -0.508 e. The second-order valence-electron chi connectivity index (χ2n) is 11.5. The largest absolute Gasteiger partial charge is 0.508 e. The molecule has 1 saturated heterocycles. The number of aromatic hydroxyl groups is 1. The summed E-state index contributed by atoms with van der Waals surface area (Å²) in [6, 6.07) is 27.3. The maximum Gasteiger partial charge on any atom is 0.311 e. The highest BCUT2D eigenvalue weighted by Crippen LogP contribution is 2.42. The van der Waals surface area contributed by atoms with Gasteiger partial charge in [0.05, 0.1) is 12.0 Å². The Morgan fingerprint density at radius 2 is 1.42 bits per heavy atom. The molecule has 0 aromatic heterocycles. The number of hydrogen-bond acceptors (Lipinski definition) is 5. The molecule has 0 bridgehead atoms. The minimum atomic E-state index is -0.501. The molecule has 0 aliphatic carbocycles. The van der Waals surface area contributed by atoms with Crippen LogP contribution in [-0.4, -0.2) is 55.8 Å². The van der Waals surface area contributed by atoms with Crippen molar-refractivity contribution in [2.75, 3.05) is 44.7 Å². The summed E-state index contributed by atoms with van der Waals surface area (Å²) in [5.41, 5.74) is 4.43. The van der Waals surface area contributed by atoms with E-state index >= 15 is 0 Å². The Bertz CT molecular complexity index is 1150. The lowest BCUT2D eigenvalue weighted by atomic mass is 9.75. The van der Waals surface area contributed by atoms with Crippen molar-refractivity contribution in [3.8, 4) is 5.75 Å². The van der Waals surface area contributed by atoms with Crippen LogP contribution in [0, 0.1) is 5.41 Å². The third-order valence-electron chi connectivity index (χ3n) is 7.51. The topological polar surface area (TPSA) is 53.0 Å². The van der Waals surface area contributed by atoms with Crippen LogP contribution in [0.4, 0.5) is 5.69 Å². The fraction of sp³-hybridized carbons (Fsp3) is 0.424. The monoisotopic (exact) mass is 514 g/mol. The first-order valence-electron chi connectivity index (χ1n) is 13.8. The molecular formula is C33H42N2O3. The average Bonchev–Trinajstić information content (AvgIpc) is 2.92. The lowest BCUT2D eigenvalue weighted by molar-refractivity contribution is -0.153. The fourth-order valence-electron chi connectivity index (χ4n) is 5.21. The van der Waals surface area contributed by atoms with Crippen LogP contribution in [0.2, 0.25) is 0 Å². The molecule has 0 saturated carbocycles. The van der Waals surface area contributed by atoms with Crippen molar-refractivity contribution in [2.45, 2.75) is 45.4 Å². The molecule has 0 spiro atoms. The summed E-state index contributed by atoms with van der Waals surface area (Å²) in [6.45, 7) is 10.3. The van der Waals surface area contributed by atoms with Gasteiger partial charge in [0.15, 0.2) is 0 Å². The Morgan fingerprint density at radius 1 is 0.842 bits per heavy atom. The lowest BCUT2D eigenvalue weighted by Crippen LogP contribution is -2.44. The lowest BCUT2D eigenvalue weighted by Gasteiger charge is -2.34. The van der Waals surface area contributed by atoms with Gasteiger partial charge in [0.2, 0.25) is 0 Å². The van der Waals surface area contributed by atoms with Gasteiger partial charge in [0.25, 0.3) is 0 Å². The first-order chi connectivity index (χ1) is 18.2. The quantitative estimate of drug-likeness (QED) is 0.263. The minimum absolute atomic E-state index is 0.0952. The van der Waals surface area contributed by atoms with Crippen LogP contribution in [0.3, 0.4) is 0 Å². The number of likely N-dealkylation sites (N-methyl/N-ethyl adjacent to an activating group) is 1. The number of ether oxygens (including phenoxy) is 1. The standard InChI is InChI=1S/C33H42N2O3/c1-33(2,3)32(37)38-24-8-11-30(25-9-6-5-7-10-25)31(27-14-18-29(36)19-15-27)26-12-16-28(17-13-26)35-22-20-34(4)21-23-35/h5-7,9-10,12-19,30-31,36H,8,11,20-24H2,1-4H3. The molecule has 5 nitrogen and oxygen atoms in total. The molecule has 38 heavy (non-hydrogen) atoms. The summed E-state index contributed by atoms with van der Waals surface area (Å²) < 4.78 is 5.61. The Balaban J connectivity index is 1.62. The van der Waals surface area contributed by atoms with Gasteiger partial charge in [-0.2, -0.15) is 0 Å². The number of phenols is 1. The van der Waals surface area contributed by atoms with Gasteiger partial charge in [-0.1, -0.05) is 54.6 Å². The first-order valence-corrected chi connectivity index (χ1v) is 13.8. The summed E-state index contributed by atoms with van der Waals surface area (Å²) in [7, 11) is 2.18. The highest BCUT2D eigenvalue weighted by atomic mass is 16.5. The summed E-state index contributed by atoms with van der Waals surface area (Å²) in [5.74, 6) is 0.382. The van der Waals surface area contributed by atoms with Crippen molar-refractivity contribution in [3.05, 3.63) is 95.6 Å². The molecule has 3 aromatic rings. The molecule has 1 heterocycles. The molecule has 2 atom stereocenters. The van der Waals surface area contributed by atoms with Crippen molar-refractivity contribution < 1.29 is 14.6 Å². The molecule has 1 fully saturated rings. The van der Waals surface area contributed by atoms with E-state index in [1.807, 2.05) is 39.0 Å². The molecule has 0 radical (unpaired) electrons. The van der Waals surface area contributed by atoms with Crippen LogP contribution in [-0.2, 0) is 9.53 Å². The van der Waals surface area contributed by atoms with Crippen LogP contribution in [0.5, 0.6) is 5.75 Å². The van der Waals surface area contributed by atoms with Crippen molar-refractivity contribution >= 4 is 11.7 Å². The normalized spacial score (nSPS) is 16.2. The number of piperazine rings is 1. The predicted octanol–water partition coefficient (Wildman–Crippen LogP) is 6.43. The van der Waals surface area contributed by atoms with E-state index in [1.165, 1.54) is 16.8 Å². The fourth-order valence-corrected chi connectivity index (χ4v) is 5.21. The Labute approximate surface area is 228 Å². The zero-order valence-corrected chi connectivity index (χ0v) is 23.3. The molecule has 2 unspecified atom stereocenters. The highest BCUT2D eigenvalue weighted by Gasteiger charge is 2.28. The van der Waals surface area contributed by atoms with E-state index in [4.69, 9.17) is 4.74 Å². The number of carbonyl (C=O) groups is 1. The number of nitrogens with zero attached hydrogens (tertiary/aromatic N) is 2. The van der Waals surface area contributed by atoms with E-state index < -0.39 is 5.41 Å². The highest BCUT2D eigenvalue weighted by molar-refractivity contribution is 5.75. The van der Waals surface area contributed by atoms with Crippen LogP contribution < -0.4 is 4.90 Å². The molecule has 1 N–H and O–H groups in total. The molecule has 1 aliphatic rings. The number of benzene rings is 3. The number of anilines is 1. The van der Waals surface area contributed by atoms with E-state index in [0.717, 1.165) is 44.6 Å². The second-order valence-corrected chi connectivity index (χ2v) is 11.5. The average molecular weight is 515 g/mol. The molecule has 1 aliphatic heterocycles. The van der Waals surface area contributed by atoms with Crippen molar-refractivity contribution in [1.82, 2.24) is 4.90 Å². The van der Waals surface area contributed by atoms with E-state index in [9.17, 15) is 9.90 Å². The number of phenolic OH excluding ortho intramolecular Hbond substituents is 1. The Hall–Kier alpha value is -3.31. The van der Waals surface area contributed by atoms with Crippen LogP contribution in [0.1, 0.15) is 62.1 Å². The first kappa shape index (κ1) is 27.7. The predicted molar refractivity (Wildman–Crippen MR) is 155 cm³/mol. The smallest absolute Gasteiger partial charge is 0.311 e. The van der Waals surface area contributed by atoms with Crippen molar-refractivity contribution in [1.29, 1.82) is 0 Å². The van der Waals surface area contributed by atoms with Gasteiger partial charge in [0, 0.05) is 37.8 Å².